The Morgan fingerprint density at radius 1 is 1.11 bits per heavy atom. The summed E-state index contributed by atoms with van der Waals surface area (Å²) in [4.78, 5) is 0. The number of rotatable bonds is 4. The van der Waals surface area contributed by atoms with E-state index in [0.717, 1.165) is 19.4 Å². The van der Waals surface area contributed by atoms with Gasteiger partial charge in [0, 0.05) is 12.6 Å². The zero-order chi connectivity index (χ0) is 13.7. The fourth-order valence-electron chi connectivity index (χ4n) is 2.80. The van der Waals surface area contributed by atoms with Gasteiger partial charge in [0.25, 0.3) is 0 Å². The lowest BCUT2D eigenvalue weighted by Gasteiger charge is -2.22. The Bertz CT molecular complexity index is 371. The molecule has 1 saturated carbocycles. The second kappa shape index (κ2) is 7.06. The molecule has 2 heteroatoms. The van der Waals surface area contributed by atoms with Crippen LogP contribution in [-0.2, 0) is 6.54 Å². The summed E-state index contributed by atoms with van der Waals surface area (Å²) in [6.45, 7) is 5.30. The minimum atomic E-state index is -0.169. The van der Waals surface area contributed by atoms with Crippen molar-refractivity contribution in [2.75, 3.05) is 0 Å². The van der Waals surface area contributed by atoms with Crippen molar-refractivity contribution in [2.45, 2.75) is 70.6 Å². The molecule has 0 saturated heterocycles. The minimum absolute atomic E-state index is 0.169. The normalized spacial score (nSPS) is 24.4. The van der Waals surface area contributed by atoms with Crippen LogP contribution in [0, 0.1) is 0 Å². The Morgan fingerprint density at radius 2 is 1.79 bits per heavy atom. The molecule has 2 N–H and O–H groups in total. The number of aliphatic hydroxyl groups is 1. The van der Waals surface area contributed by atoms with E-state index in [-0.39, 0.29) is 12.1 Å². The van der Waals surface area contributed by atoms with Crippen LogP contribution in [0.15, 0.2) is 24.3 Å². The van der Waals surface area contributed by atoms with E-state index in [2.05, 4.69) is 43.4 Å². The number of aliphatic hydroxyl groups excluding tert-OH is 1. The molecular weight excluding hydrogens is 234 g/mol. The first-order valence-corrected chi connectivity index (χ1v) is 7.67. The Morgan fingerprint density at radius 3 is 2.47 bits per heavy atom. The molecule has 0 aromatic heterocycles. The molecule has 0 bridgehead atoms. The monoisotopic (exact) mass is 261 g/mol. The van der Waals surface area contributed by atoms with Crippen LogP contribution >= 0.6 is 0 Å². The van der Waals surface area contributed by atoms with Gasteiger partial charge in [0.2, 0.25) is 0 Å². The van der Waals surface area contributed by atoms with Gasteiger partial charge in [-0.15, -0.1) is 0 Å². The molecule has 1 aliphatic carbocycles. The predicted octanol–water partition coefficient (Wildman–Crippen LogP) is 3.59. The van der Waals surface area contributed by atoms with Crippen molar-refractivity contribution in [1.82, 2.24) is 5.32 Å². The molecule has 2 nitrogen and oxygen atoms in total. The summed E-state index contributed by atoms with van der Waals surface area (Å²) in [6.07, 6.45) is 5.55. The standard InChI is InChI=1S/C17H27NO/c1-13(2)15-10-8-14(9-11-15)12-18-16-6-4-3-5-7-17(16)19/h8-11,13,16-19H,3-7,12H2,1-2H3. The second-order valence-corrected chi connectivity index (χ2v) is 6.09. The Kier molecular flexibility index (Phi) is 5.41. The Labute approximate surface area is 117 Å². The van der Waals surface area contributed by atoms with Crippen LogP contribution in [0.4, 0.5) is 0 Å². The van der Waals surface area contributed by atoms with E-state index in [1.165, 1.54) is 30.4 Å². The molecule has 0 spiro atoms. The zero-order valence-electron chi connectivity index (χ0n) is 12.2. The third-order valence-electron chi connectivity index (χ3n) is 4.19. The highest BCUT2D eigenvalue weighted by Crippen LogP contribution is 2.19. The van der Waals surface area contributed by atoms with E-state index in [4.69, 9.17) is 0 Å². The largest absolute Gasteiger partial charge is 0.392 e. The Balaban J connectivity index is 1.87. The topological polar surface area (TPSA) is 32.3 Å². The van der Waals surface area contributed by atoms with Gasteiger partial charge in [-0.3, -0.25) is 0 Å². The highest BCUT2D eigenvalue weighted by molar-refractivity contribution is 5.24. The van der Waals surface area contributed by atoms with Crippen LogP contribution in [0.3, 0.4) is 0 Å². The van der Waals surface area contributed by atoms with Gasteiger partial charge < -0.3 is 10.4 Å². The molecule has 0 radical (unpaired) electrons. The number of benzene rings is 1. The Hall–Kier alpha value is -0.860. The van der Waals surface area contributed by atoms with Crippen molar-refractivity contribution in [3.05, 3.63) is 35.4 Å². The summed E-state index contributed by atoms with van der Waals surface area (Å²) >= 11 is 0. The van der Waals surface area contributed by atoms with Crippen molar-refractivity contribution < 1.29 is 5.11 Å². The molecule has 1 aliphatic rings. The molecule has 2 unspecified atom stereocenters. The molecule has 1 aromatic carbocycles. The fourth-order valence-corrected chi connectivity index (χ4v) is 2.80. The van der Waals surface area contributed by atoms with Crippen LogP contribution in [0.1, 0.15) is 63.0 Å². The molecule has 1 fully saturated rings. The summed E-state index contributed by atoms with van der Waals surface area (Å²) in [5, 5.41) is 13.6. The van der Waals surface area contributed by atoms with E-state index in [0.29, 0.717) is 5.92 Å². The first-order valence-electron chi connectivity index (χ1n) is 7.67. The predicted molar refractivity (Wildman–Crippen MR) is 80.3 cm³/mol. The maximum Gasteiger partial charge on any atom is 0.0693 e. The average Bonchev–Trinajstić information content (AvgIpc) is 2.61. The molecule has 19 heavy (non-hydrogen) atoms. The van der Waals surface area contributed by atoms with Gasteiger partial charge in [-0.05, 0) is 29.9 Å². The van der Waals surface area contributed by atoms with E-state index >= 15 is 0 Å². The lowest BCUT2D eigenvalue weighted by atomic mass is 10.0. The summed E-state index contributed by atoms with van der Waals surface area (Å²) in [6, 6.07) is 9.10. The van der Waals surface area contributed by atoms with Gasteiger partial charge in [0.15, 0.2) is 0 Å². The van der Waals surface area contributed by atoms with Crippen molar-refractivity contribution >= 4 is 0 Å². The van der Waals surface area contributed by atoms with Crippen LogP contribution in [0.5, 0.6) is 0 Å². The van der Waals surface area contributed by atoms with E-state index in [1.54, 1.807) is 0 Å². The second-order valence-electron chi connectivity index (χ2n) is 6.09. The van der Waals surface area contributed by atoms with Gasteiger partial charge in [-0.25, -0.2) is 0 Å². The molecule has 2 atom stereocenters. The average molecular weight is 261 g/mol. The quantitative estimate of drug-likeness (QED) is 0.812. The SMILES string of the molecule is CC(C)c1ccc(CNC2CCCCCC2O)cc1. The van der Waals surface area contributed by atoms with E-state index < -0.39 is 0 Å². The lowest BCUT2D eigenvalue weighted by Crippen LogP contribution is -2.38. The van der Waals surface area contributed by atoms with Gasteiger partial charge in [0.1, 0.15) is 0 Å². The summed E-state index contributed by atoms with van der Waals surface area (Å²) in [5.41, 5.74) is 2.69. The number of hydrogen-bond donors (Lipinski definition) is 2. The third-order valence-corrected chi connectivity index (χ3v) is 4.19. The molecule has 1 aromatic rings. The molecule has 0 heterocycles. The van der Waals surface area contributed by atoms with Gasteiger partial charge in [-0.2, -0.15) is 0 Å². The van der Waals surface area contributed by atoms with E-state index in [9.17, 15) is 5.11 Å². The lowest BCUT2D eigenvalue weighted by molar-refractivity contribution is 0.119. The van der Waals surface area contributed by atoms with Gasteiger partial charge in [0.05, 0.1) is 6.10 Å². The maximum atomic E-state index is 10.1. The van der Waals surface area contributed by atoms with Crippen molar-refractivity contribution in [1.29, 1.82) is 0 Å². The summed E-state index contributed by atoms with van der Waals surface area (Å²) in [7, 11) is 0. The van der Waals surface area contributed by atoms with Crippen molar-refractivity contribution in [3.63, 3.8) is 0 Å². The van der Waals surface area contributed by atoms with Crippen LogP contribution < -0.4 is 5.32 Å². The van der Waals surface area contributed by atoms with Crippen LogP contribution in [0.2, 0.25) is 0 Å². The molecule has 0 aliphatic heterocycles. The highest BCUT2D eigenvalue weighted by Gasteiger charge is 2.20. The van der Waals surface area contributed by atoms with Crippen LogP contribution in [-0.4, -0.2) is 17.3 Å². The summed E-state index contributed by atoms with van der Waals surface area (Å²) < 4.78 is 0. The highest BCUT2D eigenvalue weighted by atomic mass is 16.3. The first-order chi connectivity index (χ1) is 9.16. The zero-order valence-corrected chi connectivity index (χ0v) is 12.2. The number of nitrogens with one attached hydrogen (secondary N) is 1. The van der Waals surface area contributed by atoms with Crippen LogP contribution in [0.25, 0.3) is 0 Å². The third kappa shape index (κ3) is 4.32. The molecule has 0 amide bonds. The fraction of sp³-hybridized carbons (Fsp3) is 0.647. The molecular formula is C17H27NO. The molecule has 106 valence electrons. The van der Waals surface area contributed by atoms with Crippen molar-refractivity contribution in [3.8, 4) is 0 Å². The maximum absolute atomic E-state index is 10.1. The van der Waals surface area contributed by atoms with E-state index in [1.807, 2.05) is 0 Å². The summed E-state index contributed by atoms with van der Waals surface area (Å²) in [5.74, 6) is 0.589. The van der Waals surface area contributed by atoms with Gasteiger partial charge in [-0.1, -0.05) is 57.4 Å². The number of hydrogen-bond acceptors (Lipinski definition) is 2. The first kappa shape index (κ1) is 14.5. The van der Waals surface area contributed by atoms with Gasteiger partial charge >= 0.3 is 0 Å². The molecule has 2 rings (SSSR count). The smallest absolute Gasteiger partial charge is 0.0693 e. The minimum Gasteiger partial charge on any atom is -0.392 e. The van der Waals surface area contributed by atoms with Crippen molar-refractivity contribution in [2.24, 2.45) is 0 Å².